The van der Waals surface area contributed by atoms with Gasteiger partial charge in [0.2, 0.25) is 0 Å². The minimum Gasteiger partial charge on any atom is -0.462 e. The first-order chi connectivity index (χ1) is 6.16. The van der Waals surface area contributed by atoms with Crippen LogP contribution in [0, 0.1) is 11.8 Å². The van der Waals surface area contributed by atoms with Crippen molar-refractivity contribution in [3.8, 4) is 0 Å². The van der Waals surface area contributed by atoms with Crippen LogP contribution in [-0.2, 0) is 19.1 Å². The maximum Gasteiger partial charge on any atom is 0.309 e. The predicted octanol–water partition coefficient (Wildman–Crippen LogP) is 0.501. The Morgan fingerprint density at radius 2 is 2.31 bits per heavy atom. The van der Waals surface area contributed by atoms with Gasteiger partial charge in [-0.15, -0.1) is 0 Å². The molecule has 0 N–H and O–H groups in total. The van der Waals surface area contributed by atoms with E-state index in [4.69, 9.17) is 4.74 Å². The van der Waals surface area contributed by atoms with Gasteiger partial charge in [-0.05, 0) is 12.3 Å². The van der Waals surface area contributed by atoms with Crippen molar-refractivity contribution >= 4 is 11.9 Å². The van der Waals surface area contributed by atoms with Crippen LogP contribution in [0.25, 0.3) is 0 Å². The van der Waals surface area contributed by atoms with Crippen molar-refractivity contribution in [1.29, 1.82) is 0 Å². The van der Waals surface area contributed by atoms with E-state index in [0.29, 0.717) is 5.92 Å². The lowest BCUT2D eigenvalue weighted by Crippen LogP contribution is -2.19. The maximum absolute atomic E-state index is 11.3. The van der Waals surface area contributed by atoms with Crippen molar-refractivity contribution in [2.24, 2.45) is 11.8 Å². The molecule has 0 spiro atoms. The third kappa shape index (κ3) is 1.82. The van der Waals surface area contributed by atoms with Gasteiger partial charge in [-0.2, -0.15) is 0 Å². The van der Waals surface area contributed by atoms with Gasteiger partial charge in [0.1, 0.15) is 12.7 Å². The lowest BCUT2D eigenvalue weighted by Gasteiger charge is -2.07. The minimum absolute atomic E-state index is 0.0655. The van der Waals surface area contributed by atoms with Gasteiger partial charge < -0.3 is 9.47 Å². The molecule has 2 aliphatic rings. The summed E-state index contributed by atoms with van der Waals surface area (Å²) < 4.78 is 9.77. The second-order valence-electron chi connectivity index (χ2n) is 3.77. The van der Waals surface area contributed by atoms with Crippen LogP contribution in [0.5, 0.6) is 0 Å². The highest BCUT2D eigenvalue weighted by molar-refractivity contribution is 5.77. The number of hydrogen-bond donors (Lipinski definition) is 0. The quantitative estimate of drug-likeness (QED) is 0.586. The average Bonchev–Trinajstić information content (AvgIpc) is 2.66. The summed E-state index contributed by atoms with van der Waals surface area (Å²) in [7, 11) is 0. The molecule has 13 heavy (non-hydrogen) atoms. The molecular weight excluding hydrogens is 172 g/mol. The fraction of sp³-hybridized carbons (Fsp3) is 0.778. The highest BCUT2D eigenvalue weighted by Crippen LogP contribution is 2.39. The van der Waals surface area contributed by atoms with Crippen LogP contribution >= 0.6 is 0 Å². The number of hydrogen-bond acceptors (Lipinski definition) is 4. The molecule has 4 heteroatoms. The molecule has 0 aromatic heterocycles. The number of esters is 2. The van der Waals surface area contributed by atoms with E-state index in [0.717, 1.165) is 6.42 Å². The van der Waals surface area contributed by atoms with Crippen molar-refractivity contribution in [2.45, 2.75) is 25.9 Å². The van der Waals surface area contributed by atoms with E-state index in [9.17, 15) is 9.59 Å². The van der Waals surface area contributed by atoms with Crippen molar-refractivity contribution < 1.29 is 19.1 Å². The molecule has 4 nitrogen and oxygen atoms in total. The SMILES string of the molecule is CC1CC1C(=O)O[C@@H]1COC(=O)C1. The third-order valence-electron chi connectivity index (χ3n) is 2.52. The predicted molar refractivity (Wildman–Crippen MR) is 42.7 cm³/mol. The summed E-state index contributed by atoms with van der Waals surface area (Å²) in [5, 5.41) is 0. The zero-order chi connectivity index (χ0) is 9.42. The van der Waals surface area contributed by atoms with E-state index in [2.05, 4.69) is 4.74 Å². The Bertz CT molecular complexity index is 248. The maximum atomic E-state index is 11.3. The van der Waals surface area contributed by atoms with Gasteiger partial charge in [0.05, 0.1) is 12.3 Å². The second-order valence-corrected chi connectivity index (χ2v) is 3.77. The molecule has 1 aliphatic carbocycles. The molecule has 0 radical (unpaired) electrons. The zero-order valence-electron chi connectivity index (χ0n) is 7.49. The first kappa shape index (κ1) is 8.53. The van der Waals surface area contributed by atoms with Gasteiger partial charge >= 0.3 is 11.9 Å². The summed E-state index contributed by atoms with van der Waals surface area (Å²) in [4.78, 5) is 22.0. The molecule has 72 valence electrons. The normalized spacial score (nSPS) is 37.0. The molecule has 0 amide bonds. The lowest BCUT2D eigenvalue weighted by molar-refractivity contribution is -0.151. The molecule has 2 unspecified atom stereocenters. The number of rotatable bonds is 2. The average molecular weight is 184 g/mol. The van der Waals surface area contributed by atoms with E-state index >= 15 is 0 Å². The Morgan fingerprint density at radius 1 is 1.62 bits per heavy atom. The summed E-state index contributed by atoms with van der Waals surface area (Å²) in [5.74, 6) is 0.0682. The Kier molecular flexibility index (Phi) is 1.98. The molecule has 2 fully saturated rings. The number of carbonyl (C=O) groups excluding carboxylic acids is 2. The molecule has 2 rings (SSSR count). The van der Waals surface area contributed by atoms with Crippen LogP contribution in [0.15, 0.2) is 0 Å². The summed E-state index contributed by atoms with van der Waals surface area (Å²) in [5.41, 5.74) is 0. The summed E-state index contributed by atoms with van der Waals surface area (Å²) in [6.07, 6.45) is 0.792. The molecule has 0 bridgehead atoms. The zero-order valence-corrected chi connectivity index (χ0v) is 7.49. The number of cyclic esters (lactones) is 1. The topological polar surface area (TPSA) is 52.6 Å². The molecule has 3 atom stereocenters. The highest BCUT2D eigenvalue weighted by atomic mass is 16.6. The van der Waals surface area contributed by atoms with E-state index in [-0.39, 0.29) is 37.0 Å². The highest BCUT2D eigenvalue weighted by Gasteiger charge is 2.42. The van der Waals surface area contributed by atoms with Gasteiger partial charge in [0, 0.05) is 0 Å². The minimum atomic E-state index is -0.340. The van der Waals surface area contributed by atoms with Crippen molar-refractivity contribution in [1.82, 2.24) is 0 Å². The monoisotopic (exact) mass is 184 g/mol. The van der Waals surface area contributed by atoms with E-state index < -0.39 is 0 Å². The molecule has 1 saturated heterocycles. The van der Waals surface area contributed by atoms with E-state index in [1.807, 2.05) is 6.92 Å². The van der Waals surface area contributed by atoms with Crippen molar-refractivity contribution in [3.63, 3.8) is 0 Å². The summed E-state index contributed by atoms with van der Waals surface area (Å²) >= 11 is 0. The number of carbonyl (C=O) groups is 2. The van der Waals surface area contributed by atoms with Crippen LogP contribution < -0.4 is 0 Å². The smallest absolute Gasteiger partial charge is 0.309 e. The Hall–Kier alpha value is -1.06. The molecule has 1 aliphatic heterocycles. The molecule has 0 aromatic rings. The Labute approximate surface area is 76.2 Å². The van der Waals surface area contributed by atoms with Crippen LogP contribution in [-0.4, -0.2) is 24.6 Å². The first-order valence-electron chi connectivity index (χ1n) is 4.53. The standard InChI is InChI=1S/C9H12O4/c1-5-2-7(5)9(11)13-6-3-8(10)12-4-6/h5-7H,2-4H2,1H3/t5?,6-,7?/m0/s1. The van der Waals surface area contributed by atoms with Gasteiger partial charge in [-0.25, -0.2) is 0 Å². The summed E-state index contributed by atoms with van der Waals surface area (Å²) in [6.45, 7) is 2.24. The molecule has 1 heterocycles. The largest absolute Gasteiger partial charge is 0.462 e. The Balaban J connectivity index is 1.78. The van der Waals surface area contributed by atoms with Crippen LogP contribution in [0.4, 0.5) is 0 Å². The van der Waals surface area contributed by atoms with Gasteiger partial charge in [-0.1, -0.05) is 6.92 Å². The molecule has 1 saturated carbocycles. The van der Waals surface area contributed by atoms with Crippen molar-refractivity contribution in [2.75, 3.05) is 6.61 Å². The fourth-order valence-electron chi connectivity index (χ4n) is 1.47. The van der Waals surface area contributed by atoms with E-state index in [1.54, 1.807) is 0 Å². The van der Waals surface area contributed by atoms with Crippen LogP contribution in [0.1, 0.15) is 19.8 Å². The number of ether oxygens (including phenoxy) is 2. The first-order valence-corrected chi connectivity index (χ1v) is 4.53. The van der Waals surface area contributed by atoms with Crippen LogP contribution in [0.2, 0.25) is 0 Å². The van der Waals surface area contributed by atoms with Crippen molar-refractivity contribution in [3.05, 3.63) is 0 Å². The van der Waals surface area contributed by atoms with Crippen LogP contribution in [0.3, 0.4) is 0 Å². The Morgan fingerprint density at radius 3 is 2.77 bits per heavy atom. The van der Waals surface area contributed by atoms with Gasteiger partial charge in [-0.3, -0.25) is 9.59 Å². The van der Waals surface area contributed by atoms with Gasteiger partial charge in [0.15, 0.2) is 0 Å². The lowest BCUT2D eigenvalue weighted by atomic mass is 10.3. The fourth-order valence-corrected chi connectivity index (χ4v) is 1.47. The van der Waals surface area contributed by atoms with E-state index in [1.165, 1.54) is 0 Å². The second kappa shape index (κ2) is 3.01. The third-order valence-corrected chi connectivity index (χ3v) is 2.52. The molecular formula is C9H12O4. The molecule has 0 aromatic carbocycles. The summed E-state index contributed by atoms with van der Waals surface area (Å²) in [6, 6.07) is 0. The van der Waals surface area contributed by atoms with Gasteiger partial charge in [0.25, 0.3) is 0 Å².